The number of nitrogens with one attached hydrogen (secondary N) is 1. The highest BCUT2D eigenvalue weighted by Crippen LogP contribution is 2.25. The molecule has 0 spiro atoms. The second-order valence-corrected chi connectivity index (χ2v) is 7.26. The zero-order valence-corrected chi connectivity index (χ0v) is 13.0. The van der Waals surface area contributed by atoms with Gasteiger partial charge in [0.15, 0.2) is 0 Å². The van der Waals surface area contributed by atoms with Crippen molar-refractivity contribution in [3.8, 4) is 0 Å². The SMILES string of the molecule is CCC1CNC(C(C)C)CN1Cc1ccc(Cl)s1. The van der Waals surface area contributed by atoms with Crippen LogP contribution in [-0.2, 0) is 6.54 Å². The van der Waals surface area contributed by atoms with E-state index in [1.165, 1.54) is 11.3 Å². The zero-order valence-electron chi connectivity index (χ0n) is 11.4. The van der Waals surface area contributed by atoms with E-state index in [-0.39, 0.29) is 0 Å². The summed E-state index contributed by atoms with van der Waals surface area (Å²) in [4.78, 5) is 3.99. The smallest absolute Gasteiger partial charge is 0.0931 e. The van der Waals surface area contributed by atoms with E-state index in [0.29, 0.717) is 18.0 Å². The van der Waals surface area contributed by atoms with E-state index in [1.54, 1.807) is 11.3 Å². The first-order chi connectivity index (χ1) is 8.60. The highest BCUT2D eigenvalue weighted by atomic mass is 35.5. The van der Waals surface area contributed by atoms with Crippen molar-refractivity contribution in [1.29, 1.82) is 0 Å². The van der Waals surface area contributed by atoms with E-state index in [0.717, 1.165) is 24.0 Å². The van der Waals surface area contributed by atoms with Crippen molar-refractivity contribution < 1.29 is 0 Å². The number of halogens is 1. The van der Waals surface area contributed by atoms with Gasteiger partial charge in [-0.05, 0) is 24.5 Å². The van der Waals surface area contributed by atoms with Crippen LogP contribution in [0, 0.1) is 5.92 Å². The van der Waals surface area contributed by atoms with E-state index >= 15 is 0 Å². The Hall–Kier alpha value is -0.0900. The van der Waals surface area contributed by atoms with Crippen LogP contribution in [0.2, 0.25) is 4.34 Å². The lowest BCUT2D eigenvalue weighted by Crippen LogP contribution is -2.57. The number of hydrogen-bond donors (Lipinski definition) is 1. The Balaban J connectivity index is 2.02. The van der Waals surface area contributed by atoms with Crippen LogP contribution in [0.3, 0.4) is 0 Å². The summed E-state index contributed by atoms with van der Waals surface area (Å²) in [6.45, 7) is 10.2. The third-order valence-corrected chi connectivity index (χ3v) is 5.04. The van der Waals surface area contributed by atoms with Crippen LogP contribution in [0.1, 0.15) is 32.1 Å². The van der Waals surface area contributed by atoms with Gasteiger partial charge in [-0.15, -0.1) is 11.3 Å². The molecule has 2 nitrogen and oxygen atoms in total. The molecule has 1 aromatic rings. The topological polar surface area (TPSA) is 15.3 Å². The molecular weight excluding hydrogens is 264 g/mol. The minimum absolute atomic E-state index is 0.614. The Kier molecular flexibility index (Phi) is 5.07. The lowest BCUT2D eigenvalue weighted by atomic mass is 9.98. The van der Waals surface area contributed by atoms with Crippen LogP contribution in [0.15, 0.2) is 12.1 Å². The summed E-state index contributed by atoms with van der Waals surface area (Å²) in [6.07, 6.45) is 1.21. The lowest BCUT2D eigenvalue weighted by Gasteiger charge is -2.41. The molecule has 2 atom stereocenters. The Morgan fingerprint density at radius 1 is 1.50 bits per heavy atom. The van der Waals surface area contributed by atoms with Crippen molar-refractivity contribution in [2.24, 2.45) is 5.92 Å². The molecule has 0 amide bonds. The third-order valence-electron chi connectivity index (χ3n) is 3.83. The average molecular weight is 287 g/mol. The minimum Gasteiger partial charge on any atom is -0.311 e. The normalized spacial score (nSPS) is 25.8. The number of thiophene rings is 1. The zero-order chi connectivity index (χ0) is 13.1. The second kappa shape index (κ2) is 6.38. The minimum atomic E-state index is 0.614. The summed E-state index contributed by atoms with van der Waals surface area (Å²) in [5, 5.41) is 3.68. The van der Waals surface area contributed by atoms with Crippen LogP contribution >= 0.6 is 22.9 Å². The van der Waals surface area contributed by atoms with Crippen LogP contribution in [0.5, 0.6) is 0 Å². The second-order valence-electron chi connectivity index (χ2n) is 5.46. The fourth-order valence-corrected chi connectivity index (χ4v) is 3.68. The molecule has 18 heavy (non-hydrogen) atoms. The number of nitrogens with zero attached hydrogens (tertiary/aromatic N) is 1. The van der Waals surface area contributed by atoms with Crippen LogP contribution < -0.4 is 5.32 Å². The van der Waals surface area contributed by atoms with E-state index < -0.39 is 0 Å². The maximum Gasteiger partial charge on any atom is 0.0931 e. The monoisotopic (exact) mass is 286 g/mol. The molecule has 102 valence electrons. The van der Waals surface area contributed by atoms with E-state index in [9.17, 15) is 0 Å². The fourth-order valence-electron chi connectivity index (χ4n) is 2.56. The number of piperazine rings is 1. The van der Waals surface area contributed by atoms with Gasteiger partial charge in [-0.3, -0.25) is 4.90 Å². The molecule has 1 aliphatic heterocycles. The van der Waals surface area contributed by atoms with Gasteiger partial charge >= 0.3 is 0 Å². The third kappa shape index (κ3) is 3.47. The molecule has 0 aromatic carbocycles. The summed E-state index contributed by atoms with van der Waals surface area (Å²) in [5.41, 5.74) is 0. The van der Waals surface area contributed by atoms with E-state index in [1.807, 2.05) is 6.07 Å². The molecule has 0 radical (unpaired) electrons. The molecule has 1 aliphatic rings. The van der Waals surface area contributed by atoms with Gasteiger partial charge in [0.2, 0.25) is 0 Å². The van der Waals surface area contributed by atoms with Crippen molar-refractivity contribution in [3.63, 3.8) is 0 Å². The molecule has 0 aliphatic carbocycles. The first kappa shape index (κ1) is 14.3. The predicted octanol–water partition coefficient (Wildman–Crippen LogP) is 3.61. The summed E-state index contributed by atoms with van der Waals surface area (Å²) in [7, 11) is 0. The highest BCUT2D eigenvalue weighted by molar-refractivity contribution is 7.16. The van der Waals surface area contributed by atoms with Crippen molar-refractivity contribution in [2.45, 2.75) is 45.8 Å². The quantitative estimate of drug-likeness (QED) is 0.910. The van der Waals surface area contributed by atoms with Gasteiger partial charge in [0.1, 0.15) is 0 Å². The Labute approximate surface area is 119 Å². The summed E-state index contributed by atoms with van der Waals surface area (Å²) in [5.74, 6) is 0.692. The van der Waals surface area contributed by atoms with Crippen molar-refractivity contribution >= 4 is 22.9 Å². The van der Waals surface area contributed by atoms with Gasteiger partial charge in [-0.2, -0.15) is 0 Å². The number of hydrogen-bond acceptors (Lipinski definition) is 3. The lowest BCUT2D eigenvalue weighted by molar-refractivity contribution is 0.104. The van der Waals surface area contributed by atoms with Crippen molar-refractivity contribution in [3.05, 3.63) is 21.3 Å². The first-order valence-corrected chi connectivity index (χ1v) is 8.01. The van der Waals surface area contributed by atoms with Crippen LogP contribution in [0.25, 0.3) is 0 Å². The Bertz CT molecular complexity index is 378. The Morgan fingerprint density at radius 3 is 2.83 bits per heavy atom. The molecule has 1 fully saturated rings. The molecule has 1 N–H and O–H groups in total. The summed E-state index contributed by atoms with van der Waals surface area (Å²) < 4.78 is 0.897. The maximum absolute atomic E-state index is 6.02. The first-order valence-electron chi connectivity index (χ1n) is 6.81. The van der Waals surface area contributed by atoms with Gasteiger partial charge in [0, 0.05) is 36.6 Å². The van der Waals surface area contributed by atoms with Gasteiger partial charge in [0.25, 0.3) is 0 Å². The van der Waals surface area contributed by atoms with E-state index in [2.05, 4.69) is 37.1 Å². The maximum atomic E-state index is 6.02. The van der Waals surface area contributed by atoms with Gasteiger partial charge < -0.3 is 5.32 Å². The van der Waals surface area contributed by atoms with Crippen LogP contribution in [0.4, 0.5) is 0 Å². The van der Waals surface area contributed by atoms with Gasteiger partial charge in [-0.25, -0.2) is 0 Å². The molecule has 4 heteroatoms. The molecule has 1 aromatic heterocycles. The largest absolute Gasteiger partial charge is 0.311 e. The van der Waals surface area contributed by atoms with Gasteiger partial charge in [0.05, 0.1) is 4.34 Å². The van der Waals surface area contributed by atoms with Crippen molar-refractivity contribution in [1.82, 2.24) is 10.2 Å². The predicted molar refractivity (Wildman–Crippen MR) is 80.4 cm³/mol. The molecule has 0 bridgehead atoms. The number of rotatable bonds is 4. The Morgan fingerprint density at radius 2 is 2.28 bits per heavy atom. The molecule has 2 heterocycles. The molecule has 2 rings (SSSR count). The molecule has 2 unspecified atom stereocenters. The van der Waals surface area contributed by atoms with Gasteiger partial charge in [-0.1, -0.05) is 32.4 Å². The molecule has 1 saturated heterocycles. The fraction of sp³-hybridized carbons (Fsp3) is 0.714. The van der Waals surface area contributed by atoms with Crippen molar-refractivity contribution in [2.75, 3.05) is 13.1 Å². The van der Waals surface area contributed by atoms with Crippen LogP contribution in [-0.4, -0.2) is 30.1 Å². The van der Waals surface area contributed by atoms with E-state index in [4.69, 9.17) is 11.6 Å². The standard InChI is InChI=1S/C14H23ClN2S/c1-4-11-7-16-13(10(2)3)9-17(11)8-12-5-6-14(15)18-12/h5-6,10-11,13,16H,4,7-9H2,1-3H3. The molecule has 0 saturated carbocycles. The summed E-state index contributed by atoms with van der Waals surface area (Å²) >= 11 is 7.72. The summed E-state index contributed by atoms with van der Waals surface area (Å²) in [6, 6.07) is 5.43. The molecular formula is C14H23ClN2S. The highest BCUT2D eigenvalue weighted by Gasteiger charge is 2.28. The average Bonchev–Trinajstić information content (AvgIpc) is 2.74.